The fourth-order valence-electron chi connectivity index (χ4n) is 2.13. The fraction of sp³-hybridized carbons (Fsp3) is 0.375. The van der Waals surface area contributed by atoms with Crippen molar-refractivity contribution >= 4 is 0 Å². The van der Waals surface area contributed by atoms with Crippen LogP contribution in [0.15, 0.2) is 42.6 Å². The SMILES string of the molecule is CCN(Cc1ccccn1)Cc1cccc(CNC)n1. The lowest BCUT2D eigenvalue weighted by atomic mass is 10.2. The van der Waals surface area contributed by atoms with E-state index in [0.29, 0.717) is 0 Å². The molecule has 0 aromatic carbocycles. The maximum absolute atomic E-state index is 4.67. The minimum absolute atomic E-state index is 0.806. The third kappa shape index (κ3) is 4.40. The van der Waals surface area contributed by atoms with Gasteiger partial charge in [0.15, 0.2) is 0 Å². The molecule has 4 nitrogen and oxygen atoms in total. The van der Waals surface area contributed by atoms with Gasteiger partial charge in [-0.25, -0.2) is 0 Å². The van der Waals surface area contributed by atoms with Crippen molar-refractivity contribution in [3.05, 3.63) is 59.7 Å². The van der Waals surface area contributed by atoms with E-state index in [1.54, 1.807) is 0 Å². The van der Waals surface area contributed by atoms with E-state index in [-0.39, 0.29) is 0 Å². The normalized spacial score (nSPS) is 10.9. The molecular weight excluding hydrogens is 248 g/mol. The predicted molar refractivity (Wildman–Crippen MR) is 81.0 cm³/mol. The number of nitrogens with zero attached hydrogens (tertiary/aromatic N) is 3. The Kier molecular flexibility index (Phi) is 5.65. The highest BCUT2D eigenvalue weighted by molar-refractivity contribution is 5.11. The van der Waals surface area contributed by atoms with Gasteiger partial charge in [-0.15, -0.1) is 0 Å². The van der Waals surface area contributed by atoms with Crippen LogP contribution in [0.25, 0.3) is 0 Å². The predicted octanol–water partition coefficient (Wildman–Crippen LogP) is 2.22. The Morgan fingerprint density at radius 2 is 1.75 bits per heavy atom. The molecule has 20 heavy (non-hydrogen) atoms. The second kappa shape index (κ2) is 7.72. The standard InChI is InChI=1S/C16H22N4/c1-3-20(12-15-7-4-5-10-18-15)13-16-9-6-8-14(19-16)11-17-2/h4-10,17H,3,11-13H2,1-2H3. The Balaban J connectivity index is 2.00. The van der Waals surface area contributed by atoms with Crippen molar-refractivity contribution in [2.24, 2.45) is 0 Å². The van der Waals surface area contributed by atoms with Gasteiger partial charge in [-0.3, -0.25) is 14.9 Å². The molecule has 0 aliphatic rings. The molecule has 2 heterocycles. The maximum atomic E-state index is 4.67. The first-order valence-electron chi connectivity index (χ1n) is 7.03. The Hall–Kier alpha value is -1.78. The molecule has 2 rings (SSSR count). The molecule has 0 saturated heterocycles. The van der Waals surface area contributed by atoms with Gasteiger partial charge in [-0.2, -0.15) is 0 Å². The summed E-state index contributed by atoms with van der Waals surface area (Å²) in [4.78, 5) is 11.4. The van der Waals surface area contributed by atoms with E-state index in [1.807, 2.05) is 25.4 Å². The van der Waals surface area contributed by atoms with Gasteiger partial charge in [0, 0.05) is 25.8 Å². The Morgan fingerprint density at radius 1 is 1.00 bits per heavy atom. The minimum Gasteiger partial charge on any atom is -0.314 e. The van der Waals surface area contributed by atoms with Crippen LogP contribution in [0.3, 0.4) is 0 Å². The molecule has 0 amide bonds. The molecule has 0 atom stereocenters. The molecule has 2 aromatic rings. The average molecular weight is 270 g/mol. The van der Waals surface area contributed by atoms with Crippen LogP contribution in [0.5, 0.6) is 0 Å². The van der Waals surface area contributed by atoms with Gasteiger partial charge in [-0.1, -0.05) is 19.1 Å². The summed E-state index contributed by atoms with van der Waals surface area (Å²) in [7, 11) is 1.94. The molecule has 0 aliphatic carbocycles. The molecule has 0 spiro atoms. The largest absolute Gasteiger partial charge is 0.314 e. The number of hydrogen-bond acceptors (Lipinski definition) is 4. The maximum Gasteiger partial charge on any atom is 0.0548 e. The second-order valence-electron chi connectivity index (χ2n) is 4.77. The first-order valence-corrected chi connectivity index (χ1v) is 7.03. The van der Waals surface area contributed by atoms with E-state index in [1.165, 1.54) is 0 Å². The van der Waals surface area contributed by atoms with Crippen LogP contribution in [-0.4, -0.2) is 28.5 Å². The zero-order valence-electron chi connectivity index (χ0n) is 12.2. The van der Waals surface area contributed by atoms with Crippen molar-refractivity contribution < 1.29 is 0 Å². The number of hydrogen-bond donors (Lipinski definition) is 1. The monoisotopic (exact) mass is 270 g/mol. The van der Waals surface area contributed by atoms with Crippen LogP contribution in [0.4, 0.5) is 0 Å². The molecule has 0 fully saturated rings. The van der Waals surface area contributed by atoms with Gasteiger partial charge in [0.05, 0.1) is 17.1 Å². The molecular formula is C16H22N4. The fourth-order valence-corrected chi connectivity index (χ4v) is 2.13. The van der Waals surface area contributed by atoms with Crippen molar-refractivity contribution in [2.75, 3.05) is 13.6 Å². The highest BCUT2D eigenvalue weighted by atomic mass is 15.1. The van der Waals surface area contributed by atoms with Crippen LogP contribution in [0, 0.1) is 0 Å². The Morgan fingerprint density at radius 3 is 2.45 bits per heavy atom. The first-order chi connectivity index (χ1) is 9.81. The Bertz CT molecular complexity index is 513. The molecule has 0 unspecified atom stereocenters. The molecule has 0 radical (unpaired) electrons. The zero-order chi connectivity index (χ0) is 14.2. The number of rotatable bonds is 7. The van der Waals surface area contributed by atoms with E-state index in [4.69, 9.17) is 0 Å². The van der Waals surface area contributed by atoms with E-state index in [2.05, 4.69) is 51.4 Å². The van der Waals surface area contributed by atoms with Crippen LogP contribution < -0.4 is 5.32 Å². The topological polar surface area (TPSA) is 41.1 Å². The molecule has 4 heteroatoms. The summed E-state index contributed by atoms with van der Waals surface area (Å²) in [5.41, 5.74) is 3.29. The van der Waals surface area contributed by atoms with Crippen molar-refractivity contribution in [3.8, 4) is 0 Å². The van der Waals surface area contributed by atoms with Crippen molar-refractivity contribution in [1.82, 2.24) is 20.2 Å². The molecule has 106 valence electrons. The third-order valence-corrected chi connectivity index (χ3v) is 3.17. The summed E-state index contributed by atoms with van der Waals surface area (Å²) in [6.07, 6.45) is 1.84. The van der Waals surface area contributed by atoms with Crippen molar-refractivity contribution in [3.63, 3.8) is 0 Å². The summed E-state index contributed by atoms with van der Waals surface area (Å²) >= 11 is 0. The highest BCUT2D eigenvalue weighted by Crippen LogP contribution is 2.07. The number of aromatic nitrogens is 2. The third-order valence-electron chi connectivity index (χ3n) is 3.17. The van der Waals surface area contributed by atoms with Crippen molar-refractivity contribution in [2.45, 2.75) is 26.6 Å². The molecule has 1 N–H and O–H groups in total. The van der Waals surface area contributed by atoms with Crippen LogP contribution in [0.2, 0.25) is 0 Å². The van der Waals surface area contributed by atoms with E-state index in [9.17, 15) is 0 Å². The second-order valence-corrected chi connectivity index (χ2v) is 4.77. The summed E-state index contributed by atoms with van der Waals surface area (Å²) in [5, 5.41) is 3.13. The van der Waals surface area contributed by atoms with Gasteiger partial charge in [0.2, 0.25) is 0 Å². The van der Waals surface area contributed by atoms with Gasteiger partial charge in [-0.05, 0) is 37.9 Å². The Labute approximate surface area is 120 Å². The quantitative estimate of drug-likeness (QED) is 0.837. The summed E-state index contributed by atoms with van der Waals surface area (Å²) < 4.78 is 0. The smallest absolute Gasteiger partial charge is 0.0548 e. The van der Waals surface area contributed by atoms with E-state index in [0.717, 1.165) is 43.3 Å². The van der Waals surface area contributed by atoms with Crippen molar-refractivity contribution in [1.29, 1.82) is 0 Å². The summed E-state index contributed by atoms with van der Waals surface area (Å²) in [6, 6.07) is 12.2. The van der Waals surface area contributed by atoms with Crippen LogP contribution in [0.1, 0.15) is 24.0 Å². The van der Waals surface area contributed by atoms with Crippen LogP contribution in [-0.2, 0) is 19.6 Å². The lowest BCUT2D eigenvalue weighted by molar-refractivity contribution is 0.264. The molecule has 0 bridgehead atoms. The summed E-state index contributed by atoms with van der Waals surface area (Å²) in [6.45, 7) is 5.66. The molecule has 0 aliphatic heterocycles. The molecule has 0 saturated carbocycles. The average Bonchev–Trinajstić information content (AvgIpc) is 2.48. The summed E-state index contributed by atoms with van der Waals surface area (Å²) in [5.74, 6) is 0. The lowest BCUT2D eigenvalue weighted by Crippen LogP contribution is -2.23. The lowest BCUT2D eigenvalue weighted by Gasteiger charge is -2.19. The van der Waals surface area contributed by atoms with Gasteiger partial charge in [0.25, 0.3) is 0 Å². The highest BCUT2D eigenvalue weighted by Gasteiger charge is 2.07. The van der Waals surface area contributed by atoms with Crippen LogP contribution >= 0.6 is 0 Å². The van der Waals surface area contributed by atoms with Gasteiger partial charge < -0.3 is 5.32 Å². The van der Waals surface area contributed by atoms with E-state index >= 15 is 0 Å². The minimum atomic E-state index is 0.806. The first kappa shape index (κ1) is 14.6. The van der Waals surface area contributed by atoms with Gasteiger partial charge in [0.1, 0.15) is 0 Å². The number of nitrogens with one attached hydrogen (secondary N) is 1. The van der Waals surface area contributed by atoms with E-state index < -0.39 is 0 Å². The zero-order valence-corrected chi connectivity index (χ0v) is 12.2. The number of pyridine rings is 2. The molecule has 2 aromatic heterocycles. The van der Waals surface area contributed by atoms with Gasteiger partial charge >= 0.3 is 0 Å².